The van der Waals surface area contributed by atoms with E-state index >= 15 is 0 Å². The lowest BCUT2D eigenvalue weighted by molar-refractivity contribution is -0.134. The summed E-state index contributed by atoms with van der Waals surface area (Å²) in [4.78, 5) is 33.2. The van der Waals surface area contributed by atoms with E-state index in [2.05, 4.69) is 4.74 Å². The highest BCUT2D eigenvalue weighted by Gasteiger charge is 2.10. The molecule has 6 heteroatoms. The number of primary amides is 1. The summed E-state index contributed by atoms with van der Waals surface area (Å²) in [5.41, 5.74) is 4.72. The summed E-state index contributed by atoms with van der Waals surface area (Å²) in [7, 11) is 1.52. The van der Waals surface area contributed by atoms with Crippen LogP contribution in [0.25, 0.3) is 0 Å². The maximum Gasteiger partial charge on any atom is 0.404 e. The van der Waals surface area contributed by atoms with Gasteiger partial charge in [-0.15, -0.1) is 0 Å². The zero-order valence-electron chi connectivity index (χ0n) is 8.28. The molecule has 0 spiro atoms. The van der Waals surface area contributed by atoms with Crippen molar-refractivity contribution in [1.29, 1.82) is 0 Å². The van der Waals surface area contributed by atoms with Crippen LogP contribution in [-0.4, -0.2) is 42.9 Å². The highest BCUT2D eigenvalue weighted by molar-refractivity contribution is 5.96. The second-order valence-corrected chi connectivity index (χ2v) is 2.86. The Kier molecular flexibility index (Phi) is 5.28. The molecule has 80 valence electrons. The molecule has 0 bridgehead atoms. The Morgan fingerprint density at radius 3 is 2.36 bits per heavy atom. The van der Waals surface area contributed by atoms with Crippen molar-refractivity contribution in [2.24, 2.45) is 5.73 Å². The molecule has 2 amide bonds. The van der Waals surface area contributed by atoms with Gasteiger partial charge < -0.3 is 15.4 Å². The van der Waals surface area contributed by atoms with E-state index in [1.54, 1.807) is 0 Å². The molecule has 0 fully saturated rings. The molecule has 0 radical (unpaired) electrons. The number of nitrogens with zero attached hydrogens (tertiary/aromatic N) is 1. The van der Waals surface area contributed by atoms with Crippen molar-refractivity contribution in [2.45, 2.75) is 13.3 Å². The maximum atomic E-state index is 11.2. The predicted molar refractivity (Wildman–Crippen MR) is 48.5 cm³/mol. The zero-order chi connectivity index (χ0) is 11.1. The van der Waals surface area contributed by atoms with Crippen molar-refractivity contribution < 1.29 is 19.1 Å². The van der Waals surface area contributed by atoms with Gasteiger partial charge in [0.1, 0.15) is 12.4 Å². The fraction of sp³-hybridized carbons (Fsp3) is 0.625. The van der Waals surface area contributed by atoms with Gasteiger partial charge in [0.2, 0.25) is 5.91 Å². The van der Waals surface area contributed by atoms with Crippen LogP contribution < -0.4 is 5.73 Å². The van der Waals surface area contributed by atoms with E-state index in [1.807, 2.05) is 0 Å². The number of likely N-dealkylation sites (N-methyl/N-ethyl adjacent to an activating group) is 1. The Balaban J connectivity index is 3.72. The Hall–Kier alpha value is -1.59. The monoisotopic (exact) mass is 202 g/mol. The van der Waals surface area contributed by atoms with Crippen LogP contribution in [0, 0.1) is 0 Å². The van der Waals surface area contributed by atoms with Crippen molar-refractivity contribution in [1.82, 2.24) is 4.90 Å². The molecule has 0 saturated carbocycles. The van der Waals surface area contributed by atoms with E-state index in [9.17, 15) is 14.4 Å². The van der Waals surface area contributed by atoms with Gasteiger partial charge in [0.15, 0.2) is 0 Å². The summed E-state index contributed by atoms with van der Waals surface area (Å²) in [6, 6.07) is 0. The summed E-state index contributed by atoms with van der Waals surface area (Å²) < 4.78 is 4.43. The number of hydrogen-bond acceptors (Lipinski definition) is 4. The van der Waals surface area contributed by atoms with Gasteiger partial charge >= 0.3 is 6.09 Å². The lowest BCUT2D eigenvalue weighted by Gasteiger charge is -2.15. The quantitative estimate of drug-likeness (QED) is 0.609. The van der Waals surface area contributed by atoms with Crippen molar-refractivity contribution in [2.75, 3.05) is 20.2 Å². The van der Waals surface area contributed by atoms with E-state index in [0.29, 0.717) is 0 Å². The molecule has 0 atom stereocenters. The molecule has 0 aromatic rings. The first-order valence-electron chi connectivity index (χ1n) is 4.09. The first-order valence-corrected chi connectivity index (χ1v) is 4.09. The van der Waals surface area contributed by atoms with Gasteiger partial charge in [-0.2, -0.15) is 0 Å². The maximum absolute atomic E-state index is 11.2. The number of carbonyl (C=O) groups is 3. The van der Waals surface area contributed by atoms with Crippen molar-refractivity contribution >= 4 is 17.8 Å². The predicted octanol–water partition coefficient (Wildman–Crippen LogP) is -0.481. The summed E-state index contributed by atoms with van der Waals surface area (Å²) in [6.07, 6.45) is -1.01. The van der Waals surface area contributed by atoms with Crippen LogP contribution in [0.2, 0.25) is 0 Å². The molecule has 0 rings (SSSR count). The normalized spacial score (nSPS) is 9.29. The summed E-state index contributed by atoms with van der Waals surface area (Å²) in [5, 5.41) is 0. The third-order valence-corrected chi connectivity index (χ3v) is 1.50. The Labute approximate surface area is 82.0 Å². The number of amides is 2. The standard InChI is InChI=1S/C8H14N2O4/c1-6(11)5-7(12)10(2)3-4-14-8(9)13/h3-5H2,1-2H3,(H2,9,13). The molecule has 14 heavy (non-hydrogen) atoms. The summed E-state index contributed by atoms with van der Waals surface area (Å²) in [6.45, 7) is 1.61. The average Bonchev–Trinajstić information content (AvgIpc) is 2.01. The molecule has 0 saturated heterocycles. The minimum absolute atomic E-state index is 0.0372. The molecule has 2 N–H and O–H groups in total. The second kappa shape index (κ2) is 5.95. The van der Waals surface area contributed by atoms with Crippen molar-refractivity contribution in [3.63, 3.8) is 0 Å². The van der Waals surface area contributed by atoms with Crippen LogP contribution in [0.3, 0.4) is 0 Å². The highest BCUT2D eigenvalue weighted by Crippen LogP contribution is 1.92. The molecule has 0 aliphatic carbocycles. The summed E-state index contributed by atoms with van der Waals surface area (Å²) in [5.74, 6) is -0.497. The fourth-order valence-corrected chi connectivity index (χ4v) is 0.756. The SMILES string of the molecule is CC(=O)CC(=O)N(C)CCOC(N)=O. The van der Waals surface area contributed by atoms with Crippen LogP contribution in [-0.2, 0) is 14.3 Å². The number of rotatable bonds is 5. The number of ether oxygens (including phenoxy) is 1. The van der Waals surface area contributed by atoms with Gasteiger partial charge in [0, 0.05) is 7.05 Å². The van der Waals surface area contributed by atoms with Gasteiger partial charge in [-0.25, -0.2) is 4.79 Å². The Morgan fingerprint density at radius 2 is 1.93 bits per heavy atom. The minimum atomic E-state index is -0.877. The fourth-order valence-electron chi connectivity index (χ4n) is 0.756. The second-order valence-electron chi connectivity index (χ2n) is 2.86. The number of Topliss-reactive ketones (excluding diaryl/α,β-unsaturated/α-hetero) is 1. The van der Waals surface area contributed by atoms with Crippen LogP contribution in [0.5, 0.6) is 0 Å². The number of nitrogens with two attached hydrogens (primary N) is 1. The van der Waals surface area contributed by atoms with E-state index in [0.717, 1.165) is 0 Å². The summed E-state index contributed by atoms with van der Waals surface area (Å²) >= 11 is 0. The van der Waals surface area contributed by atoms with Crippen LogP contribution >= 0.6 is 0 Å². The lowest BCUT2D eigenvalue weighted by atomic mass is 10.3. The number of ketones is 1. The Morgan fingerprint density at radius 1 is 1.36 bits per heavy atom. The van der Waals surface area contributed by atoms with Gasteiger partial charge in [0.25, 0.3) is 0 Å². The molecule has 0 heterocycles. The molecular weight excluding hydrogens is 188 g/mol. The first kappa shape index (κ1) is 12.4. The topological polar surface area (TPSA) is 89.7 Å². The largest absolute Gasteiger partial charge is 0.448 e. The van der Waals surface area contributed by atoms with E-state index in [-0.39, 0.29) is 31.3 Å². The van der Waals surface area contributed by atoms with Gasteiger partial charge in [-0.1, -0.05) is 0 Å². The van der Waals surface area contributed by atoms with Crippen molar-refractivity contribution in [3.05, 3.63) is 0 Å². The molecule has 6 nitrogen and oxygen atoms in total. The number of hydrogen-bond donors (Lipinski definition) is 1. The third kappa shape index (κ3) is 5.99. The highest BCUT2D eigenvalue weighted by atomic mass is 16.5. The van der Waals surface area contributed by atoms with Gasteiger partial charge in [-0.05, 0) is 6.92 Å². The van der Waals surface area contributed by atoms with Crippen LogP contribution in [0.1, 0.15) is 13.3 Å². The molecule has 0 aliphatic heterocycles. The van der Waals surface area contributed by atoms with E-state index in [1.165, 1.54) is 18.9 Å². The minimum Gasteiger partial charge on any atom is -0.448 e. The molecule has 0 aromatic heterocycles. The smallest absolute Gasteiger partial charge is 0.404 e. The Bertz CT molecular complexity index is 239. The van der Waals surface area contributed by atoms with Crippen LogP contribution in [0.15, 0.2) is 0 Å². The zero-order valence-corrected chi connectivity index (χ0v) is 8.28. The molecular formula is C8H14N2O4. The third-order valence-electron chi connectivity index (χ3n) is 1.50. The number of carbonyl (C=O) groups excluding carboxylic acids is 3. The lowest BCUT2D eigenvalue weighted by Crippen LogP contribution is -2.32. The van der Waals surface area contributed by atoms with E-state index < -0.39 is 6.09 Å². The van der Waals surface area contributed by atoms with Crippen molar-refractivity contribution in [3.8, 4) is 0 Å². The molecule has 0 aliphatic rings. The van der Waals surface area contributed by atoms with Crippen LogP contribution in [0.4, 0.5) is 4.79 Å². The van der Waals surface area contributed by atoms with Gasteiger partial charge in [0.05, 0.1) is 13.0 Å². The van der Waals surface area contributed by atoms with E-state index in [4.69, 9.17) is 5.73 Å². The van der Waals surface area contributed by atoms with Gasteiger partial charge in [-0.3, -0.25) is 9.59 Å². The molecule has 0 aromatic carbocycles. The average molecular weight is 202 g/mol. The first-order chi connectivity index (χ1) is 6.43. The molecule has 0 unspecified atom stereocenters.